The average Bonchev–Trinajstić information content (AvgIpc) is 3.10. The van der Waals surface area contributed by atoms with Crippen molar-refractivity contribution >= 4 is 5.91 Å². The van der Waals surface area contributed by atoms with Gasteiger partial charge in [0.05, 0.1) is 0 Å². The van der Waals surface area contributed by atoms with E-state index < -0.39 is 0 Å². The Kier molecular flexibility index (Phi) is 5.35. The first-order chi connectivity index (χ1) is 10.2. The molecule has 0 aliphatic rings. The van der Waals surface area contributed by atoms with Crippen molar-refractivity contribution < 1.29 is 9.32 Å². The Bertz CT molecular complexity index is 552. The molecule has 0 aromatic carbocycles. The molecule has 0 aliphatic carbocycles. The summed E-state index contributed by atoms with van der Waals surface area (Å²) in [4.78, 5) is 16.0. The van der Waals surface area contributed by atoms with Crippen LogP contribution in [-0.4, -0.2) is 42.7 Å². The zero-order valence-corrected chi connectivity index (χ0v) is 12.2. The number of hydrogen-bond donors (Lipinski definition) is 2. The number of carbonyl (C=O) groups excluding carboxylic acids is 1. The van der Waals surface area contributed by atoms with Crippen molar-refractivity contribution in [1.29, 1.82) is 0 Å². The predicted molar refractivity (Wildman–Crippen MR) is 72.1 cm³/mol. The summed E-state index contributed by atoms with van der Waals surface area (Å²) in [5, 5.41) is 20.4. The standard InChI is InChI=1S/C12H19N7O2/c1-3-9(7-10-15-18-19-16-10)14-11(20)5-4-6-12-13-8(2)17-21-12/h9H,3-7H2,1-2H3,(H,14,20)(H,15,16,18,19). The predicted octanol–water partition coefficient (Wildman–Crippen LogP) is 0.351. The molecule has 1 atom stereocenters. The van der Waals surface area contributed by atoms with Gasteiger partial charge in [0.2, 0.25) is 11.8 Å². The highest BCUT2D eigenvalue weighted by Crippen LogP contribution is 2.04. The third-order valence-corrected chi connectivity index (χ3v) is 3.04. The molecule has 0 saturated heterocycles. The van der Waals surface area contributed by atoms with Gasteiger partial charge >= 0.3 is 0 Å². The largest absolute Gasteiger partial charge is 0.353 e. The van der Waals surface area contributed by atoms with Crippen LogP contribution in [-0.2, 0) is 17.6 Å². The molecule has 0 aliphatic heterocycles. The van der Waals surface area contributed by atoms with Gasteiger partial charge < -0.3 is 9.84 Å². The lowest BCUT2D eigenvalue weighted by molar-refractivity contribution is -0.121. The number of nitrogens with zero attached hydrogens (tertiary/aromatic N) is 5. The molecule has 1 amide bonds. The molecule has 1 unspecified atom stereocenters. The monoisotopic (exact) mass is 293 g/mol. The molecule has 2 aromatic heterocycles. The lowest BCUT2D eigenvalue weighted by atomic mass is 10.1. The van der Waals surface area contributed by atoms with Gasteiger partial charge in [0, 0.05) is 25.3 Å². The normalized spacial score (nSPS) is 12.3. The highest BCUT2D eigenvalue weighted by molar-refractivity contribution is 5.76. The van der Waals surface area contributed by atoms with E-state index in [4.69, 9.17) is 4.52 Å². The van der Waals surface area contributed by atoms with Crippen LogP contribution in [0.1, 0.15) is 43.7 Å². The fraction of sp³-hybridized carbons (Fsp3) is 0.667. The highest BCUT2D eigenvalue weighted by atomic mass is 16.5. The minimum Gasteiger partial charge on any atom is -0.353 e. The zero-order chi connectivity index (χ0) is 15.1. The summed E-state index contributed by atoms with van der Waals surface area (Å²) in [7, 11) is 0. The molecule has 0 saturated carbocycles. The summed E-state index contributed by atoms with van der Waals surface area (Å²) in [5.41, 5.74) is 0. The van der Waals surface area contributed by atoms with Gasteiger partial charge in [-0.1, -0.05) is 17.3 Å². The molecule has 114 valence electrons. The number of hydrogen-bond acceptors (Lipinski definition) is 7. The van der Waals surface area contributed by atoms with Crippen molar-refractivity contribution in [2.45, 2.75) is 52.0 Å². The Morgan fingerprint density at radius 2 is 2.33 bits per heavy atom. The number of tetrazole rings is 1. The van der Waals surface area contributed by atoms with Gasteiger partial charge in [-0.2, -0.15) is 10.2 Å². The molecule has 9 heteroatoms. The fourth-order valence-electron chi connectivity index (χ4n) is 1.93. The maximum atomic E-state index is 11.9. The Labute approximate surface area is 121 Å². The van der Waals surface area contributed by atoms with Crippen LogP contribution in [0.3, 0.4) is 0 Å². The molecule has 2 N–H and O–H groups in total. The molecule has 2 rings (SSSR count). The molecule has 0 bridgehead atoms. The maximum Gasteiger partial charge on any atom is 0.226 e. The first-order valence-corrected chi connectivity index (χ1v) is 6.98. The molecule has 2 aromatic rings. The number of aromatic amines is 1. The molecule has 0 radical (unpaired) electrons. The van der Waals surface area contributed by atoms with Crippen molar-refractivity contribution in [3.8, 4) is 0 Å². The minimum absolute atomic E-state index is 0.00146. The molecular formula is C12H19N7O2. The topological polar surface area (TPSA) is 122 Å². The van der Waals surface area contributed by atoms with Crippen LogP contribution < -0.4 is 5.32 Å². The molecule has 9 nitrogen and oxygen atoms in total. The van der Waals surface area contributed by atoms with E-state index in [1.54, 1.807) is 6.92 Å². The second-order valence-corrected chi connectivity index (χ2v) is 4.79. The first kappa shape index (κ1) is 15.1. The van der Waals surface area contributed by atoms with E-state index in [-0.39, 0.29) is 11.9 Å². The van der Waals surface area contributed by atoms with Crippen LogP contribution in [0.2, 0.25) is 0 Å². The van der Waals surface area contributed by atoms with E-state index in [0.29, 0.717) is 43.2 Å². The van der Waals surface area contributed by atoms with E-state index in [1.165, 1.54) is 0 Å². The van der Waals surface area contributed by atoms with Crippen molar-refractivity contribution in [3.05, 3.63) is 17.5 Å². The van der Waals surface area contributed by atoms with E-state index in [0.717, 1.165) is 6.42 Å². The average molecular weight is 293 g/mol. The lowest BCUT2D eigenvalue weighted by Gasteiger charge is -2.14. The quantitative estimate of drug-likeness (QED) is 0.720. The third kappa shape index (κ3) is 4.93. The second kappa shape index (κ2) is 7.46. The van der Waals surface area contributed by atoms with Crippen LogP contribution in [0.15, 0.2) is 4.52 Å². The molecular weight excluding hydrogens is 274 g/mol. The summed E-state index contributed by atoms with van der Waals surface area (Å²) < 4.78 is 5.00. The van der Waals surface area contributed by atoms with Gasteiger partial charge in [0.1, 0.15) is 0 Å². The van der Waals surface area contributed by atoms with Crippen molar-refractivity contribution in [2.24, 2.45) is 0 Å². The highest BCUT2D eigenvalue weighted by Gasteiger charge is 2.13. The number of aryl methyl sites for hydroxylation is 2. The van der Waals surface area contributed by atoms with Crippen LogP contribution in [0.4, 0.5) is 0 Å². The first-order valence-electron chi connectivity index (χ1n) is 6.98. The number of nitrogens with one attached hydrogen (secondary N) is 2. The van der Waals surface area contributed by atoms with Gasteiger partial charge in [0.15, 0.2) is 11.6 Å². The van der Waals surface area contributed by atoms with Gasteiger partial charge in [-0.15, -0.1) is 10.2 Å². The summed E-state index contributed by atoms with van der Waals surface area (Å²) in [6.45, 7) is 3.77. The lowest BCUT2D eigenvalue weighted by Crippen LogP contribution is -2.36. The third-order valence-electron chi connectivity index (χ3n) is 3.04. The Hall–Kier alpha value is -2.32. The Morgan fingerprint density at radius 3 is 2.95 bits per heavy atom. The summed E-state index contributed by atoms with van der Waals surface area (Å²) in [6.07, 6.45) is 3.08. The van der Waals surface area contributed by atoms with Crippen LogP contribution in [0.25, 0.3) is 0 Å². The molecule has 21 heavy (non-hydrogen) atoms. The number of amides is 1. The Morgan fingerprint density at radius 1 is 1.48 bits per heavy atom. The zero-order valence-electron chi connectivity index (χ0n) is 12.2. The van der Waals surface area contributed by atoms with Crippen molar-refractivity contribution in [2.75, 3.05) is 0 Å². The number of carbonyl (C=O) groups is 1. The van der Waals surface area contributed by atoms with E-state index >= 15 is 0 Å². The second-order valence-electron chi connectivity index (χ2n) is 4.79. The van der Waals surface area contributed by atoms with Gasteiger partial charge in [-0.05, 0) is 19.8 Å². The number of aromatic nitrogens is 6. The SMILES string of the molecule is CCC(Cc1nn[nH]n1)NC(=O)CCCc1nc(C)no1. The summed E-state index contributed by atoms with van der Waals surface area (Å²) >= 11 is 0. The number of rotatable bonds is 8. The number of H-pyrrole nitrogens is 1. The van der Waals surface area contributed by atoms with Gasteiger partial charge in [-0.3, -0.25) is 4.79 Å². The fourth-order valence-corrected chi connectivity index (χ4v) is 1.93. The van der Waals surface area contributed by atoms with Gasteiger partial charge in [-0.25, -0.2) is 0 Å². The van der Waals surface area contributed by atoms with Crippen molar-refractivity contribution in [3.63, 3.8) is 0 Å². The molecule has 2 heterocycles. The van der Waals surface area contributed by atoms with Crippen LogP contribution >= 0.6 is 0 Å². The van der Waals surface area contributed by atoms with E-state index in [2.05, 4.69) is 36.1 Å². The van der Waals surface area contributed by atoms with Gasteiger partial charge in [0.25, 0.3) is 0 Å². The smallest absolute Gasteiger partial charge is 0.226 e. The molecule has 0 spiro atoms. The summed E-state index contributed by atoms with van der Waals surface area (Å²) in [6, 6.07) is 0.0146. The maximum absolute atomic E-state index is 11.9. The molecule has 0 fully saturated rings. The van der Waals surface area contributed by atoms with E-state index in [9.17, 15) is 4.79 Å². The van der Waals surface area contributed by atoms with Crippen molar-refractivity contribution in [1.82, 2.24) is 36.1 Å². The van der Waals surface area contributed by atoms with E-state index in [1.807, 2.05) is 6.92 Å². The minimum atomic E-state index is 0.00146. The van der Waals surface area contributed by atoms with Crippen LogP contribution in [0.5, 0.6) is 0 Å². The summed E-state index contributed by atoms with van der Waals surface area (Å²) in [5.74, 6) is 1.78. The Balaban J connectivity index is 1.70. The van der Waals surface area contributed by atoms with Crippen LogP contribution in [0, 0.1) is 6.92 Å².